The van der Waals surface area contributed by atoms with Gasteiger partial charge in [-0.25, -0.2) is 0 Å². The van der Waals surface area contributed by atoms with Crippen molar-refractivity contribution < 1.29 is 0 Å². The zero-order valence-electron chi connectivity index (χ0n) is 8.67. The van der Waals surface area contributed by atoms with Gasteiger partial charge in [0.1, 0.15) is 0 Å². The van der Waals surface area contributed by atoms with Crippen molar-refractivity contribution in [2.75, 3.05) is 0 Å². The Morgan fingerprint density at radius 3 is 2.57 bits per heavy atom. The summed E-state index contributed by atoms with van der Waals surface area (Å²) in [5, 5.41) is 9.04. The molecule has 71 valence electrons. The van der Waals surface area contributed by atoms with Gasteiger partial charge >= 0.3 is 0 Å². The Kier molecular flexibility index (Phi) is 2.29. The third-order valence-corrected chi connectivity index (χ3v) is 2.75. The predicted octanol–water partition coefficient (Wildman–Crippen LogP) is 3.40. The summed E-state index contributed by atoms with van der Waals surface area (Å²) in [5.74, 6) is 1.96. The highest BCUT2D eigenvalue weighted by Gasteiger charge is 2.29. The van der Waals surface area contributed by atoms with Crippen LogP contribution in [0.15, 0.2) is 18.2 Å². The Bertz CT molecular complexity index is 381. The number of hydrogen-bond donors (Lipinski definition) is 0. The highest BCUT2D eigenvalue weighted by atomic mass is 14.3. The first-order chi connectivity index (χ1) is 6.74. The van der Waals surface area contributed by atoms with Crippen LogP contribution in [0.25, 0.3) is 0 Å². The maximum Gasteiger partial charge on any atom is 0.0994 e. The van der Waals surface area contributed by atoms with Gasteiger partial charge in [-0.1, -0.05) is 26.0 Å². The molecular formula is C13H14N. The molecule has 1 aromatic rings. The van der Waals surface area contributed by atoms with E-state index in [-0.39, 0.29) is 0 Å². The second kappa shape index (κ2) is 3.46. The Morgan fingerprint density at radius 1 is 1.36 bits per heavy atom. The van der Waals surface area contributed by atoms with E-state index >= 15 is 0 Å². The fraction of sp³-hybridized carbons (Fsp3) is 0.385. The molecule has 1 saturated carbocycles. The molecule has 1 heteroatoms. The summed E-state index contributed by atoms with van der Waals surface area (Å²) in [6, 6.07) is 8.34. The first-order valence-corrected chi connectivity index (χ1v) is 5.07. The molecule has 1 aliphatic carbocycles. The van der Waals surface area contributed by atoms with Gasteiger partial charge in [0.2, 0.25) is 0 Å². The average molecular weight is 184 g/mol. The van der Waals surface area contributed by atoms with Crippen LogP contribution in [0.1, 0.15) is 49.3 Å². The fourth-order valence-electron chi connectivity index (χ4n) is 1.91. The number of rotatable bonds is 2. The third-order valence-electron chi connectivity index (χ3n) is 2.75. The summed E-state index contributed by atoms with van der Waals surface area (Å²) < 4.78 is 0. The molecular weight excluding hydrogens is 170 g/mol. The summed E-state index contributed by atoms with van der Waals surface area (Å²) in [5.41, 5.74) is 3.44. The van der Waals surface area contributed by atoms with E-state index in [1.165, 1.54) is 29.9 Å². The van der Waals surface area contributed by atoms with Gasteiger partial charge in [0, 0.05) is 0 Å². The van der Waals surface area contributed by atoms with Crippen LogP contribution >= 0.6 is 0 Å². The van der Waals surface area contributed by atoms with Crippen LogP contribution in [0.3, 0.4) is 0 Å². The van der Waals surface area contributed by atoms with Gasteiger partial charge in [0.25, 0.3) is 0 Å². The molecule has 1 nitrogen and oxygen atoms in total. The topological polar surface area (TPSA) is 23.8 Å². The number of nitriles is 1. The molecule has 0 atom stereocenters. The van der Waals surface area contributed by atoms with E-state index in [1.54, 1.807) is 0 Å². The van der Waals surface area contributed by atoms with Crippen molar-refractivity contribution in [1.82, 2.24) is 0 Å². The monoisotopic (exact) mass is 184 g/mol. The largest absolute Gasteiger partial charge is 0.192 e. The summed E-state index contributed by atoms with van der Waals surface area (Å²) in [7, 11) is 0. The van der Waals surface area contributed by atoms with E-state index in [4.69, 9.17) is 5.26 Å². The Labute approximate surface area is 85.4 Å². The Hall–Kier alpha value is -1.29. The van der Waals surface area contributed by atoms with Crippen LogP contribution < -0.4 is 0 Å². The van der Waals surface area contributed by atoms with E-state index < -0.39 is 0 Å². The zero-order valence-corrected chi connectivity index (χ0v) is 8.67. The van der Waals surface area contributed by atoms with Gasteiger partial charge in [0.05, 0.1) is 11.6 Å². The SMILES string of the molecule is C[C](C)c1cccc(C#N)c1C1CC1. The highest BCUT2D eigenvalue weighted by molar-refractivity contribution is 5.51. The van der Waals surface area contributed by atoms with Gasteiger partial charge < -0.3 is 0 Å². The van der Waals surface area contributed by atoms with Crippen LogP contribution in [-0.4, -0.2) is 0 Å². The van der Waals surface area contributed by atoms with Crippen molar-refractivity contribution in [3.05, 3.63) is 40.8 Å². The molecule has 14 heavy (non-hydrogen) atoms. The molecule has 1 radical (unpaired) electrons. The van der Waals surface area contributed by atoms with Gasteiger partial charge in [-0.15, -0.1) is 0 Å². The fourth-order valence-corrected chi connectivity index (χ4v) is 1.91. The van der Waals surface area contributed by atoms with E-state index in [0.29, 0.717) is 5.92 Å². The number of benzene rings is 1. The molecule has 1 aliphatic rings. The Balaban J connectivity index is 2.54. The molecule has 0 N–H and O–H groups in total. The minimum atomic E-state index is 0.649. The van der Waals surface area contributed by atoms with Crippen LogP contribution in [-0.2, 0) is 0 Å². The molecule has 0 bridgehead atoms. The molecule has 1 fully saturated rings. The van der Waals surface area contributed by atoms with Crippen LogP contribution in [0.5, 0.6) is 0 Å². The standard InChI is InChI=1S/C13H14N/c1-9(2)12-5-3-4-11(8-14)13(12)10-6-7-10/h3-5,10H,6-7H2,1-2H3. The lowest BCUT2D eigenvalue weighted by atomic mass is 9.91. The molecule has 0 heterocycles. The first kappa shape index (κ1) is 9.27. The summed E-state index contributed by atoms with van der Waals surface area (Å²) in [6.45, 7) is 4.23. The summed E-state index contributed by atoms with van der Waals surface area (Å²) in [4.78, 5) is 0. The number of nitrogens with zero attached hydrogens (tertiary/aromatic N) is 1. The predicted molar refractivity (Wildman–Crippen MR) is 56.8 cm³/mol. The summed E-state index contributed by atoms with van der Waals surface area (Å²) >= 11 is 0. The van der Waals surface area contributed by atoms with Crippen LogP contribution in [0.4, 0.5) is 0 Å². The second-order valence-electron chi connectivity index (χ2n) is 4.15. The normalized spacial score (nSPS) is 15.6. The lowest BCUT2D eigenvalue weighted by Crippen LogP contribution is -1.98. The van der Waals surface area contributed by atoms with Gasteiger partial charge in [-0.05, 0) is 41.9 Å². The molecule has 0 aromatic heterocycles. The molecule has 0 amide bonds. The smallest absolute Gasteiger partial charge is 0.0994 e. The van der Waals surface area contributed by atoms with E-state index in [0.717, 1.165) is 5.56 Å². The van der Waals surface area contributed by atoms with Crippen molar-refractivity contribution in [3.8, 4) is 6.07 Å². The average Bonchev–Trinajstić information content (AvgIpc) is 2.99. The van der Waals surface area contributed by atoms with Crippen molar-refractivity contribution in [1.29, 1.82) is 5.26 Å². The second-order valence-corrected chi connectivity index (χ2v) is 4.15. The van der Waals surface area contributed by atoms with Gasteiger partial charge in [-0.2, -0.15) is 5.26 Å². The van der Waals surface area contributed by atoms with Crippen molar-refractivity contribution >= 4 is 0 Å². The van der Waals surface area contributed by atoms with E-state index in [1.807, 2.05) is 12.1 Å². The minimum Gasteiger partial charge on any atom is -0.192 e. The van der Waals surface area contributed by atoms with Gasteiger partial charge in [-0.3, -0.25) is 0 Å². The highest BCUT2D eigenvalue weighted by Crippen LogP contribution is 2.44. The molecule has 2 rings (SSSR count). The van der Waals surface area contributed by atoms with E-state index in [2.05, 4.69) is 26.0 Å². The summed E-state index contributed by atoms with van der Waals surface area (Å²) in [6.07, 6.45) is 2.50. The van der Waals surface area contributed by atoms with Crippen LogP contribution in [0, 0.1) is 17.2 Å². The van der Waals surface area contributed by atoms with E-state index in [9.17, 15) is 0 Å². The zero-order chi connectivity index (χ0) is 10.1. The van der Waals surface area contributed by atoms with Crippen molar-refractivity contribution in [2.24, 2.45) is 0 Å². The molecule has 0 saturated heterocycles. The van der Waals surface area contributed by atoms with Gasteiger partial charge in [0.15, 0.2) is 0 Å². The maximum absolute atomic E-state index is 9.04. The maximum atomic E-state index is 9.04. The molecule has 0 spiro atoms. The first-order valence-electron chi connectivity index (χ1n) is 5.07. The molecule has 0 aliphatic heterocycles. The Morgan fingerprint density at radius 2 is 2.07 bits per heavy atom. The van der Waals surface area contributed by atoms with Crippen molar-refractivity contribution in [2.45, 2.75) is 32.6 Å². The number of hydrogen-bond acceptors (Lipinski definition) is 1. The molecule has 0 unspecified atom stereocenters. The quantitative estimate of drug-likeness (QED) is 0.691. The molecule has 1 aromatic carbocycles. The third kappa shape index (κ3) is 1.53. The lowest BCUT2D eigenvalue weighted by Gasteiger charge is -2.12. The lowest BCUT2D eigenvalue weighted by molar-refractivity contribution is 1.03. The van der Waals surface area contributed by atoms with Crippen LogP contribution in [0.2, 0.25) is 0 Å². The van der Waals surface area contributed by atoms with Crippen molar-refractivity contribution in [3.63, 3.8) is 0 Å². The minimum absolute atomic E-state index is 0.649.